The van der Waals surface area contributed by atoms with Crippen LogP contribution in [-0.4, -0.2) is 18.2 Å². The molecule has 0 unspecified atom stereocenters. The van der Waals surface area contributed by atoms with Crippen LogP contribution in [0, 0.1) is 11.3 Å². The first kappa shape index (κ1) is 8.82. The molecule has 1 fully saturated rings. The number of nitriles is 1. The molecule has 1 aliphatic rings. The molecule has 1 aromatic heterocycles. The van der Waals surface area contributed by atoms with Gasteiger partial charge >= 0.3 is 0 Å². The zero-order valence-electron chi connectivity index (χ0n) is 7.86. The van der Waals surface area contributed by atoms with Crippen molar-refractivity contribution in [1.29, 1.82) is 5.26 Å². The first-order valence-corrected chi connectivity index (χ1v) is 4.45. The number of pyridine rings is 1. The lowest BCUT2D eigenvalue weighted by molar-refractivity contribution is 0.277. The van der Waals surface area contributed by atoms with Gasteiger partial charge < -0.3 is 9.47 Å². The van der Waals surface area contributed by atoms with Gasteiger partial charge in [0.2, 0.25) is 0 Å². The minimum absolute atomic E-state index is 0.304. The highest BCUT2D eigenvalue weighted by atomic mass is 16.5. The Morgan fingerprint density at radius 2 is 2.29 bits per heavy atom. The van der Waals surface area contributed by atoms with Crippen molar-refractivity contribution in [3.05, 3.63) is 17.8 Å². The van der Waals surface area contributed by atoms with Crippen molar-refractivity contribution in [2.45, 2.75) is 18.9 Å². The number of rotatable bonds is 3. The van der Waals surface area contributed by atoms with Crippen molar-refractivity contribution in [1.82, 2.24) is 4.98 Å². The van der Waals surface area contributed by atoms with Gasteiger partial charge in [-0.2, -0.15) is 10.2 Å². The number of ether oxygens (including phenoxy) is 2. The molecule has 14 heavy (non-hydrogen) atoms. The van der Waals surface area contributed by atoms with Gasteiger partial charge in [0.05, 0.1) is 13.2 Å². The molecule has 0 amide bonds. The Morgan fingerprint density at radius 3 is 2.86 bits per heavy atom. The molecule has 72 valence electrons. The molecule has 2 rings (SSSR count). The van der Waals surface area contributed by atoms with E-state index in [9.17, 15) is 0 Å². The Kier molecular flexibility index (Phi) is 2.23. The highest BCUT2D eigenvalue weighted by Crippen LogP contribution is 2.32. The summed E-state index contributed by atoms with van der Waals surface area (Å²) in [4.78, 5) is 3.98. The smallest absolute Gasteiger partial charge is 0.258 e. The van der Waals surface area contributed by atoms with Crippen LogP contribution in [0.4, 0.5) is 0 Å². The van der Waals surface area contributed by atoms with Crippen LogP contribution in [0.5, 0.6) is 11.6 Å². The Balaban J connectivity index is 2.25. The molecule has 0 N–H and O–H groups in total. The highest BCUT2D eigenvalue weighted by Gasteiger charge is 2.25. The van der Waals surface area contributed by atoms with E-state index in [-0.39, 0.29) is 0 Å². The summed E-state index contributed by atoms with van der Waals surface area (Å²) in [5.41, 5.74) is 0.338. The zero-order chi connectivity index (χ0) is 9.97. The number of nitrogens with zero attached hydrogens (tertiary/aromatic N) is 2. The van der Waals surface area contributed by atoms with Gasteiger partial charge in [0.1, 0.15) is 11.8 Å². The third-order valence-electron chi connectivity index (χ3n) is 1.95. The standard InChI is InChI=1S/C10H10N2O2/c1-13-10-9(14-8-3-4-8)5-2-7(6-11)12-10/h2,5,8H,3-4H2,1H3. The van der Waals surface area contributed by atoms with Crippen LogP contribution < -0.4 is 9.47 Å². The molecule has 1 saturated carbocycles. The van der Waals surface area contributed by atoms with Crippen molar-refractivity contribution < 1.29 is 9.47 Å². The Hall–Kier alpha value is -1.76. The number of hydrogen-bond acceptors (Lipinski definition) is 4. The van der Waals surface area contributed by atoms with Crippen LogP contribution in [0.15, 0.2) is 12.1 Å². The molecular formula is C10H10N2O2. The lowest BCUT2D eigenvalue weighted by Crippen LogP contribution is -2.00. The molecule has 1 aromatic rings. The lowest BCUT2D eigenvalue weighted by atomic mass is 10.3. The van der Waals surface area contributed by atoms with Crippen molar-refractivity contribution in [2.75, 3.05) is 7.11 Å². The highest BCUT2D eigenvalue weighted by molar-refractivity contribution is 5.38. The topological polar surface area (TPSA) is 55.1 Å². The van der Waals surface area contributed by atoms with Gasteiger partial charge in [-0.15, -0.1) is 0 Å². The molecule has 0 aliphatic heterocycles. The Labute approximate surface area is 82.1 Å². The van der Waals surface area contributed by atoms with Gasteiger partial charge in [0.15, 0.2) is 5.75 Å². The van der Waals surface area contributed by atoms with E-state index in [1.165, 1.54) is 7.11 Å². The summed E-state index contributed by atoms with van der Waals surface area (Å²) < 4.78 is 10.6. The average Bonchev–Trinajstić information content (AvgIpc) is 3.02. The third kappa shape index (κ3) is 1.77. The van der Waals surface area contributed by atoms with Crippen molar-refractivity contribution >= 4 is 0 Å². The fourth-order valence-corrected chi connectivity index (χ4v) is 1.09. The average molecular weight is 190 g/mol. The lowest BCUT2D eigenvalue weighted by Gasteiger charge is -2.08. The Morgan fingerprint density at radius 1 is 1.50 bits per heavy atom. The molecule has 0 atom stereocenters. The SMILES string of the molecule is COc1nc(C#N)ccc1OC1CC1. The fraction of sp³-hybridized carbons (Fsp3) is 0.400. The van der Waals surface area contributed by atoms with E-state index in [1.54, 1.807) is 12.1 Å². The maximum absolute atomic E-state index is 8.63. The third-order valence-corrected chi connectivity index (χ3v) is 1.95. The molecular weight excluding hydrogens is 180 g/mol. The van der Waals surface area contributed by atoms with Crippen LogP contribution in [0.1, 0.15) is 18.5 Å². The predicted molar refractivity (Wildman–Crippen MR) is 49.2 cm³/mol. The molecule has 4 heteroatoms. The molecule has 1 aliphatic carbocycles. The normalized spacial score (nSPS) is 14.6. The quantitative estimate of drug-likeness (QED) is 0.724. The van der Waals surface area contributed by atoms with E-state index in [0.29, 0.717) is 23.4 Å². The summed E-state index contributed by atoms with van der Waals surface area (Å²) in [5.74, 6) is 1.00. The minimum atomic E-state index is 0.304. The van der Waals surface area contributed by atoms with Gasteiger partial charge in [0, 0.05) is 0 Å². The zero-order valence-corrected chi connectivity index (χ0v) is 7.86. The Bertz CT molecular complexity index is 380. The largest absolute Gasteiger partial charge is 0.485 e. The summed E-state index contributed by atoms with van der Waals surface area (Å²) in [6.45, 7) is 0. The molecule has 0 aromatic carbocycles. The second-order valence-electron chi connectivity index (χ2n) is 3.13. The van der Waals surface area contributed by atoms with Gasteiger partial charge in [-0.3, -0.25) is 0 Å². The van der Waals surface area contributed by atoms with Crippen molar-refractivity contribution in [2.24, 2.45) is 0 Å². The minimum Gasteiger partial charge on any atom is -0.485 e. The van der Waals surface area contributed by atoms with E-state index >= 15 is 0 Å². The van der Waals surface area contributed by atoms with E-state index in [2.05, 4.69) is 4.98 Å². The van der Waals surface area contributed by atoms with Crippen molar-refractivity contribution in [3.63, 3.8) is 0 Å². The first-order valence-electron chi connectivity index (χ1n) is 4.45. The van der Waals surface area contributed by atoms with E-state index in [4.69, 9.17) is 14.7 Å². The number of aromatic nitrogens is 1. The summed E-state index contributed by atoms with van der Waals surface area (Å²) in [6, 6.07) is 5.30. The second kappa shape index (κ2) is 3.54. The van der Waals surface area contributed by atoms with Crippen LogP contribution in [0.25, 0.3) is 0 Å². The van der Waals surface area contributed by atoms with Crippen LogP contribution in [0.2, 0.25) is 0 Å². The molecule has 1 heterocycles. The van der Waals surface area contributed by atoms with Gasteiger partial charge in [-0.05, 0) is 25.0 Å². The molecule has 0 spiro atoms. The van der Waals surface area contributed by atoms with Crippen LogP contribution in [0.3, 0.4) is 0 Å². The maximum atomic E-state index is 8.63. The number of methoxy groups -OCH3 is 1. The fourth-order valence-electron chi connectivity index (χ4n) is 1.09. The van der Waals surface area contributed by atoms with Gasteiger partial charge in [0.25, 0.3) is 5.88 Å². The number of hydrogen-bond donors (Lipinski definition) is 0. The van der Waals surface area contributed by atoms with Crippen LogP contribution >= 0.6 is 0 Å². The second-order valence-corrected chi connectivity index (χ2v) is 3.13. The van der Waals surface area contributed by atoms with Gasteiger partial charge in [-0.25, -0.2) is 0 Å². The maximum Gasteiger partial charge on any atom is 0.258 e. The molecule has 0 radical (unpaired) electrons. The molecule has 0 bridgehead atoms. The summed E-state index contributed by atoms with van der Waals surface area (Å²) in [6.07, 6.45) is 2.48. The van der Waals surface area contributed by atoms with E-state index in [0.717, 1.165) is 12.8 Å². The predicted octanol–water partition coefficient (Wildman–Crippen LogP) is 1.50. The van der Waals surface area contributed by atoms with E-state index < -0.39 is 0 Å². The summed E-state index contributed by atoms with van der Waals surface area (Å²) in [5, 5.41) is 8.63. The van der Waals surface area contributed by atoms with E-state index in [1.807, 2.05) is 6.07 Å². The molecule has 0 saturated heterocycles. The van der Waals surface area contributed by atoms with Crippen molar-refractivity contribution in [3.8, 4) is 17.7 Å². The van der Waals surface area contributed by atoms with Gasteiger partial charge in [-0.1, -0.05) is 0 Å². The first-order chi connectivity index (χ1) is 6.83. The summed E-state index contributed by atoms with van der Waals surface area (Å²) in [7, 11) is 1.52. The van der Waals surface area contributed by atoms with Crippen LogP contribution in [-0.2, 0) is 0 Å². The molecule has 4 nitrogen and oxygen atoms in total. The summed E-state index contributed by atoms with van der Waals surface area (Å²) >= 11 is 0. The monoisotopic (exact) mass is 190 g/mol.